The fraction of sp³-hybridized carbons (Fsp3) is 0.355. The Hall–Kier alpha value is -3.65. The Labute approximate surface area is 232 Å². The standard InChI is InChI=1S/C31H39N3O4S/c1-23-12-16-27(17-13-23)34(39(37,38)28-18-14-24(2)15-19-28)22-29(35)33(21-20-26-10-8-7-9-11-26)25(3)30(36)32-31(4,5)6/h7-19,25H,20-22H2,1-6H3,(H,32,36). The molecule has 0 aliphatic carbocycles. The number of hydrogen-bond donors (Lipinski definition) is 1. The van der Waals surface area contributed by atoms with Crippen LogP contribution < -0.4 is 9.62 Å². The maximum atomic E-state index is 13.9. The molecule has 2 amide bonds. The van der Waals surface area contributed by atoms with Crippen LogP contribution >= 0.6 is 0 Å². The second-order valence-electron chi connectivity index (χ2n) is 10.9. The van der Waals surface area contributed by atoms with Gasteiger partial charge in [-0.2, -0.15) is 0 Å². The number of rotatable bonds is 10. The van der Waals surface area contributed by atoms with E-state index in [1.165, 1.54) is 4.90 Å². The zero-order valence-electron chi connectivity index (χ0n) is 23.6. The molecule has 1 atom stereocenters. The van der Waals surface area contributed by atoms with Crippen LogP contribution in [0.5, 0.6) is 0 Å². The van der Waals surface area contributed by atoms with Gasteiger partial charge in [0.15, 0.2) is 0 Å². The lowest BCUT2D eigenvalue weighted by atomic mass is 10.1. The number of benzene rings is 3. The summed E-state index contributed by atoms with van der Waals surface area (Å²) in [5.41, 5.74) is 2.81. The highest BCUT2D eigenvalue weighted by Crippen LogP contribution is 2.25. The summed E-state index contributed by atoms with van der Waals surface area (Å²) < 4.78 is 28.8. The quantitative estimate of drug-likeness (QED) is 0.391. The first-order valence-corrected chi connectivity index (χ1v) is 14.5. The summed E-state index contributed by atoms with van der Waals surface area (Å²) in [4.78, 5) is 28.6. The zero-order valence-corrected chi connectivity index (χ0v) is 24.5. The van der Waals surface area contributed by atoms with E-state index in [0.29, 0.717) is 12.1 Å². The minimum atomic E-state index is -4.07. The number of amides is 2. The molecule has 0 fully saturated rings. The number of hydrogen-bond acceptors (Lipinski definition) is 4. The van der Waals surface area contributed by atoms with E-state index >= 15 is 0 Å². The number of anilines is 1. The molecule has 0 aliphatic heterocycles. The lowest BCUT2D eigenvalue weighted by Crippen LogP contribution is -2.55. The molecule has 8 heteroatoms. The Balaban J connectivity index is 1.98. The van der Waals surface area contributed by atoms with E-state index < -0.39 is 34.1 Å². The molecule has 0 saturated heterocycles. The normalized spacial score (nSPS) is 12.5. The summed E-state index contributed by atoms with van der Waals surface area (Å²) in [5.74, 6) is -0.758. The molecule has 0 radical (unpaired) electrons. The van der Waals surface area contributed by atoms with Crippen molar-refractivity contribution in [1.82, 2.24) is 10.2 Å². The largest absolute Gasteiger partial charge is 0.350 e. The predicted octanol–water partition coefficient (Wildman–Crippen LogP) is 4.87. The molecular weight excluding hydrogens is 510 g/mol. The second-order valence-corrected chi connectivity index (χ2v) is 12.8. The minimum Gasteiger partial charge on any atom is -0.350 e. The first kappa shape index (κ1) is 29.9. The van der Waals surface area contributed by atoms with Gasteiger partial charge in [0.1, 0.15) is 12.6 Å². The summed E-state index contributed by atoms with van der Waals surface area (Å²) in [6, 6.07) is 22.4. The molecule has 208 valence electrons. The smallest absolute Gasteiger partial charge is 0.264 e. The molecule has 3 aromatic rings. The molecule has 0 bridgehead atoms. The predicted molar refractivity (Wildman–Crippen MR) is 156 cm³/mol. The molecule has 0 heterocycles. The van der Waals surface area contributed by atoms with E-state index in [1.54, 1.807) is 43.3 Å². The van der Waals surface area contributed by atoms with Crippen molar-refractivity contribution in [2.24, 2.45) is 0 Å². The van der Waals surface area contributed by atoms with Crippen molar-refractivity contribution in [2.75, 3.05) is 17.4 Å². The van der Waals surface area contributed by atoms with Crippen LogP contribution in [0.15, 0.2) is 83.8 Å². The molecule has 0 spiro atoms. The van der Waals surface area contributed by atoms with Gasteiger partial charge in [-0.25, -0.2) is 8.42 Å². The molecule has 39 heavy (non-hydrogen) atoms. The minimum absolute atomic E-state index is 0.0934. The van der Waals surface area contributed by atoms with Crippen LogP contribution in [-0.4, -0.2) is 49.8 Å². The van der Waals surface area contributed by atoms with Gasteiger partial charge in [-0.1, -0.05) is 65.7 Å². The van der Waals surface area contributed by atoms with Crippen molar-refractivity contribution in [1.29, 1.82) is 0 Å². The number of nitrogens with zero attached hydrogens (tertiary/aromatic N) is 2. The number of carbonyl (C=O) groups excluding carboxylic acids is 2. The molecule has 0 aliphatic rings. The van der Waals surface area contributed by atoms with Gasteiger partial charge in [0.2, 0.25) is 11.8 Å². The van der Waals surface area contributed by atoms with Crippen LogP contribution in [0, 0.1) is 13.8 Å². The Morgan fingerprint density at radius 2 is 1.38 bits per heavy atom. The summed E-state index contributed by atoms with van der Waals surface area (Å²) in [5, 5.41) is 2.94. The van der Waals surface area contributed by atoms with Crippen molar-refractivity contribution in [2.45, 2.75) is 64.4 Å². The summed E-state index contributed by atoms with van der Waals surface area (Å²) in [6.07, 6.45) is 0.523. The second kappa shape index (κ2) is 12.5. The maximum absolute atomic E-state index is 13.9. The number of nitrogens with one attached hydrogen (secondary N) is 1. The Morgan fingerprint density at radius 3 is 1.92 bits per heavy atom. The van der Waals surface area contributed by atoms with Crippen molar-refractivity contribution in [3.8, 4) is 0 Å². The Morgan fingerprint density at radius 1 is 0.846 bits per heavy atom. The third-order valence-electron chi connectivity index (χ3n) is 6.36. The molecule has 3 rings (SSSR count). The third-order valence-corrected chi connectivity index (χ3v) is 8.15. The highest BCUT2D eigenvalue weighted by Gasteiger charge is 2.33. The molecule has 1 N–H and O–H groups in total. The van der Waals surface area contributed by atoms with Crippen molar-refractivity contribution < 1.29 is 18.0 Å². The highest BCUT2D eigenvalue weighted by molar-refractivity contribution is 7.92. The fourth-order valence-electron chi connectivity index (χ4n) is 4.12. The van der Waals surface area contributed by atoms with E-state index in [-0.39, 0.29) is 17.3 Å². The van der Waals surface area contributed by atoms with Gasteiger partial charge in [0.25, 0.3) is 10.0 Å². The number of sulfonamides is 1. The molecule has 1 unspecified atom stereocenters. The topological polar surface area (TPSA) is 86.8 Å². The van der Waals surface area contributed by atoms with Gasteiger partial charge >= 0.3 is 0 Å². The molecule has 3 aromatic carbocycles. The first-order chi connectivity index (χ1) is 18.3. The van der Waals surface area contributed by atoms with Crippen LogP contribution in [0.3, 0.4) is 0 Å². The SMILES string of the molecule is Cc1ccc(N(CC(=O)N(CCc2ccccc2)C(C)C(=O)NC(C)(C)C)S(=O)(=O)c2ccc(C)cc2)cc1. The van der Waals surface area contributed by atoms with E-state index in [0.717, 1.165) is 21.0 Å². The van der Waals surface area contributed by atoms with E-state index in [2.05, 4.69) is 5.32 Å². The first-order valence-electron chi connectivity index (χ1n) is 13.1. The highest BCUT2D eigenvalue weighted by atomic mass is 32.2. The lowest BCUT2D eigenvalue weighted by Gasteiger charge is -2.33. The van der Waals surface area contributed by atoms with Crippen molar-refractivity contribution >= 4 is 27.5 Å². The third kappa shape index (κ3) is 8.17. The van der Waals surface area contributed by atoms with Crippen LogP contribution in [0.4, 0.5) is 5.69 Å². The van der Waals surface area contributed by atoms with Crippen LogP contribution in [-0.2, 0) is 26.0 Å². The van der Waals surface area contributed by atoms with Crippen molar-refractivity contribution in [3.05, 3.63) is 95.6 Å². The maximum Gasteiger partial charge on any atom is 0.264 e. The summed E-state index contributed by atoms with van der Waals surface area (Å²) in [7, 11) is -4.07. The van der Waals surface area contributed by atoms with Gasteiger partial charge < -0.3 is 10.2 Å². The van der Waals surface area contributed by atoms with Gasteiger partial charge in [-0.05, 0) is 77.8 Å². The number of carbonyl (C=O) groups is 2. The Bertz CT molecular complexity index is 1360. The average molecular weight is 550 g/mol. The Kier molecular flexibility index (Phi) is 9.56. The number of aryl methyl sites for hydroxylation is 2. The van der Waals surface area contributed by atoms with Gasteiger partial charge in [0, 0.05) is 12.1 Å². The molecule has 7 nitrogen and oxygen atoms in total. The van der Waals surface area contributed by atoms with E-state index in [1.807, 2.05) is 77.1 Å². The zero-order chi connectivity index (χ0) is 28.8. The summed E-state index contributed by atoms with van der Waals surface area (Å²) in [6.45, 7) is 10.9. The summed E-state index contributed by atoms with van der Waals surface area (Å²) >= 11 is 0. The van der Waals surface area contributed by atoms with Crippen LogP contribution in [0.25, 0.3) is 0 Å². The lowest BCUT2D eigenvalue weighted by molar-refractivity contribution is -0.139. The molecule has 0 saturated carbocycles. The van der Waals surface area contributed by atoms with Gasteiger partial charge in [0.05, 0.1) is 10.6 Å². The molecule has 0 aromatic heterocycles. The van der Waals surface area contributed by atoms with E-state index in [9.17, 15) is 18.0 Å². The van der Waals surface area contributed by atoms with E-state index in [4.69, 9.17) is 0 Å². The van der Waals surface area contributed by atoms with Crippen LogP contribution in [0.1, 0.15) is 44.4 Å². The van der Waals surface area contributed by atoms with Crippen LogP contribution in [0.2, 0.25) is 0 Å². The fourth-order valence-corrected chi connectivity index (χ4v) is 5.54. The average Bonchev–Trinajstić information content (AvgIpc) is 2.87. The van der Waals surface area contributed by atoms with Crippen molar-refractivity contribution in [3.63, 3.8) is 0 Å². The molecular formula is C31H39N3O4S. The van der Waals surface area contributed by atoms with Gasteiger partial charge in [-0.15, -0.1) is 0 Å². The van der Waals surface area contributed by atoms with Gasteiger partial charge in [-0.3, -0.25) is 13.9 Å². The monoisotopic (exact) mass is 549 g/mol.